The Morgan fingerprint density at radius 3 is 0.952 bits per heavy atom. The number of ether oxygens (including phenoxy) is 6. The van der Waals surface area contributed by atoms with E-state index in [4.69, 9.17) is 28.4 Å². The molecule has 0 radical (unpaired) electrons. The topological polar surface area (TPSA) is 126 Å². The Balaban J connectivity index is 0.000000328. The molecular weight excluding hydrogens is 540 g/mol. The molecular formula is C33H62O9. The van der Waals surface area contributed by atoms with Gasteiger partial charge in [0.25, 0.3) is 0 Å². The summed E-state index contributed by atoms with van der Waals surface area (Å²) in [4.78, 5) is 0. The molecule has 3 aliphatic carbocycles. The molecule has 0 bridgehead atoms. The van der Waals surface area contributed by atoms with Crippen molar-refractivity contribution in [1.29, 1.82) is 0 Å². The summed E-state index contributed by atoms with van der Waals surface area (Å²) in [5.41, 5.74) is -0.342. The van der Waals surface area contributed by atoms with Crippen LogP contribution in [-0.2, 0) is 28.4 Å². The molecule has 3 heterocycles. The summed E-state index contributed by atoms with van der Waals surface area (Å²) in [6.07, 6.45) is 12.6. The van der Waals surface area contributed by atoms with Crippen LogP contribution in [0.15, 0.2) is 0 Å². The zero-order chi connectivity index (χ0) is 30.4. The second-order valence-electron chi connectivity index (χ2n) is 13.4. The molecule has 0 amide bonds. The minimum absolute atomic E-state index is 0.120. The zero-order valence-corrected chi connectivity index (χ0v) is 26.9. The Bertz CT molecular complexity index is 609. The zero-order valence-electron chi connectivity index (χ0n) is 26.9. The van der Waals surface area contributed by atoms with Crippen LogP contribution in [0.4, 0.5) is 0 Å². The molecule has 0 aromatic rings. The van der Waals surface area contributed by atoms with Gasteiger partial charge in [0.1, 0.15) is 0 Å². The van der Waals surface area contributed by atoms with E-state index in [0.29, 0.717) is 38.1 Å². The third-order valence-electron chi connectivity index (χ3n) is 9.06. The lowest BCUT2D eigenvalue weighted by atomic mass is 9.86. The van der Waals surface area contributed by atoms with Gasteiger partial charge >= 0.3 is 0 Å². The van der Waals surface area contributed by atoms with E-state index in [-0.39, 0.29) is 23.7 Å². The van der Waals surface area contributed by atoms with Crippen molar-refractivity contribution in [2.24, 2.45) is 5.41 Å². The van der Waals surface area contributed by atoms with Gasteiger partial charge in [-0.3, -0.25) is 0 Å². The van der Waals surface area contributed by atoms with Crippen molar-refractivity contribution in [3.63, 3.8) is 0 Å². The van der Waals surface area contributed by atoms with E-state index in [9.17, 15) is 15.3 Å². The minimum atomic E-state index is -0.393. The maximum atomic E-state index is 10.3. The molecule has 9 heteroatoms. The van der Waals surface area contributed by atoms with Crippen LogP contribution in [-0.4, -0.2) is 110 Å². The van der Waals surface area contributed by atoms with Crippen LogP contribution in [0.5, 0.6) is 0 Å². The average Bonchev–Trinajstić information content (AvgIpc) is 3.89. The lowest BCUT2D eigenvalue weighted by molar-refractivity contribution is -0.161. The number of hydrogen-bond acceptors (Lipinski definition) is 9. The average molecular weight is 603 g/mol. The fourth-order valence-electron chi connectivity index (χ4n) is 5.39. The van der Waals surface area contributed by atoms with Gasteiger partial charge < -0.3 is 43.7 Å². The molecule has 3 N–H and O–H groups in total. The van der Waals surface area contributed by atoms with Crippen molar-refractivity contribution in [3.05, 3.63) is 0 Å². The standard InChI is InChI=1S/C24H44O6.3C3H6O/c1-2-24(15-28-21-12-6-3-9-18(21)25,16-29-22-13-7-4-10-19(22)26)17-30-23-14-8-5-11-20(23)27;3*1-3-2-4-3/h18-23,25-27H,2-17H2,1H3;3*3H,2H2,1H3. The Hall–Kier alpha value is -0.360. The maximum absolute atomic E-state index is 10.3. The van der Waals surface area contributed by atoms with E-state index in [0.717, 1.165) is 103 Å². The molecule has 0 spiro atoms. The fraction of sp³-hybridized carbons (Fsp3) is 1.00. The van der Waals surface area contributed by atoms with Gasteiger partial charge in [-0.1, -0.05) is 45.4 Å². The van der Waals surface area contributed by atoms with Crippen molar-refractivity contribution >= 4 is 0 Å². The highest BCUT2D eigenvalue weighted by atomic mass is 16.6. The number of hydrogen-bond donors (Lipinski definition) is 3. The largest absolute Gasteiger partial charge is 0.390 e. The molecule has 6 rings (SSSR count). The van der Waals surface area contributed by atoms with Crippen LogP contribution in [0.3, 0.4) is 0 Å². The maximum Gasteiger partial charge on any atom is 0.0834 e. The third-order valence-corrected chi connectivity index (χ3v) is 9.06. The molecule has 0 aromatic heterocycles. The molecule has 9 unspecified atom stereocenters. The van der Waals surface area contributed by atoms with E-state index in [2.05, 4.69) is 27.7 Å². The molecule has 0 aromatic carbocycles. The van der Waals surface area contributed by atoms with Gasteiger partial charge in [-0.2, -0.15) is 0 Å². The van der Waals surface area contributed by atoms with Crippen molar-refractivity contribution in [3.8, 4) is 0 Å². The smallest absolute Gasteiger partial charge is 0.0834 e. The number of aliphatic hydroxyl groups excluding tert-OH is 3. The highest BCUT2D eigenvalue weighted by molar-refractivity contribution is 4.85. The Labute approximate surface area is 254 Å². The fourth-order valence-corrected chi connectivity index (χ4v) is 5.39. The van der Waals surface area contributed by atoms with Crippen LogP contribution in [0.2, 0.25) is 0 Å². The van der Waals surface area contributed by atoms with E-state index in [1.165, 1.54) is 0 Å². The lowest BCUT2D eigenvalue weighted by Gasteiger charge is -2.39. The van der Waals surface area contributed by atoms with E-state index in [1.54, 1.807) is 0 Å². The summed E-state index contributed by atoms with van der Waals surface area (Å²) in [5.74, 6) is 0. The van der Waals surface area contributed by atoms with Crippen LogP contribution in [0, 0.1) is 5.41 Å². The molecule has 9 nitrogen and oxygen atoms in total. The molecule has 9 atom stereocenters. The van der Waals surface area contributed by atoms with Crippen molar-refractivity contribution in [1.82, 2.24) is 0 Å². The predicted molar refractivity (Wildman–Crippen MR) is 162 cm³/mol. The molecule has 3 saturated heterocycles. The second-order valence-corrected chi connectivity index (χ2v) is 13.4. The summed E-state index contributed by atoms with van der Waals surface area (Å²) < 4.78 is 32.9. The van der Waals surface area contributed by atoms with Crippen LogP contribution >= 0.6 is 0 Å². The summed E-state index contributed by atoms with van der Waals surface area (Å²) in [6, 6.07) is 0. The first kappa shape index (κ1) is 36.1. The molecule has 6 aliphatic rings. The number of rotatable bonds is 10. The number of epoxide rings is 3. The highest BCUT2D eigenvalue weighted by Crippen LogP contribution is 2.32. The highest BCUT2D eigenvalue weighted by Gasteiger charge is 2.37. The summed E-state index contributed by atoms with van der Waals surface area (Å²) in [7, 11) is 0. The van der Waals surface area contributed by atoms with Crippen molar-refractivity contribution in [2.75, 3.05) is 39.6 Å². The second kappa shape index (κ2) is 19.2. The van der Waals surface area contributed by atoms with Crippen LogP contribution < -0.4 is 0 Å². The predicted octanol–water partition coefficient (Wildman–Crippen LogP) is 4.56. The monoisotopic (exact) mass is 602 g/mol. The first-order valence-corrected chi connectivity index (χ1v) is 16.9. The van der Waals surface area contributed by atoms with Crippen molar-refractivity contribution < 1.29 is 43.7 Å². The quantitative estimate of drug-likeness (QED) is 0.309. The van der Waals surface area contributed by atoms with Crippen LogP contribution in [0.25, 0.3) is 0 Å². The third kappa shape index (κ3) is 15.1. The minimum Gasteiger partial charge on any atom is -0.390 e. The summed E-state index contributed by atoms with van der Waals surface area (Å²) in [5, 5.41) is 31.0. The van der Waals surface area contributed by atoms with Gasteiger partial charge in [-0.05, 0) is 65.7 Å². The first-order valence-electron chi connectivity index (χ1n) is 16.9. The lowest BCUT2D eigenvalue weighted by Crippen LogP contribution is -2.45. The van der Waals surface area contributed by atoms with Gasteiger partial charge in [0.2, 0.25) is 0 Å². The van der Waals surface area contributed by atoms with E-state index >= 15 is 0 Å². The number of aliphatic hydroxyl groups is 3. The Kier molecular flexibility index (Phi) is 16.5. The molecule has 42 heavy (non-hydrogen) atoms. The normalized spacial score (nSPS) is 38.2. The first-order chi connectivity index (χ1) is 20.2. The summed E-state index contributed by atoms with van der Waals surface area (Å²) in [6.45, 7) is 12.7. The van der Waals surface area contributed by atoms with Crippen LogP contribution in [0.1, 0.15) is 111 Å². The molecule has 3 aliphatic heterocycles. The van der Waals surface area contributed by atoms with E-state index in [1.807, 2.05) is 0 Å². The van der Waals surface area contributed by atoms with Crippen molar-refractivity contribution in [2.45, 2.75) is 166 Å². The SMILES string of the molecule is CC1CO1.CC1CO1.CC1CO1.CCC(COC1CCCCC1O)(COC1CCCCC1O)COC1CCCCC1O. The van der Waals surface area contributed by atoms with Gasteiger partial charge in [0.15, 0.2) is 0 Å². The summed E-state index contributed by atoms with van der Waals surface area (Å²) >= 11 is 0. The Morgan fingerprint density at radius 1 is 0.524 bits per heavy atom. The molecule has 3 saturated carbocycles. The Morgan fingerprint density at radius 2 is 0.762 bits per heavy atom. The van der Waals surface area contributed by atoms with Gasteiger partial charge in [-0.15, -0.1) is 0 Å². The van der Waals surface area contributed by atoms with Gasteiger partial charge in [0.05, 0.1) is 94.6 Å². The molecule has 6 fully saturated rings. The van der Waals surface area contributed by atoms with E-state index < -0.39 is 18.3 Å². The van der Waals surface area contributed by atoms with Gasteiger partial charge in [-0.25, -0.2) is 0 Å². The van der Waals surface area contributed by atoms with Gasteiger partial charge in [0, 0.05) is 5.41 Å². The molecule has 248 valence electrons.